The third kappa shape index (κ3) is 5.31. The van der Waals surface area contributed by atoms with Gasteiger partial charge < -0.3 is 10.1 Å². The van der Waals surface area contributed by atoms with Crippen molar-refractivity contribution < 1.29 is 17.9 Å². The van der Waals surface area contributed by atoms with Crippen LogP contribution in [0.25, 0.3) is 0 Å². The first-order chi connectivity index (χ1) is 13.1. The highest BCUT2D eigenvalue weighted by Gasteiger charge is 2.33. The van der Waals surface area contributed by atoms with E-state index >= 15 is 0 Å². The van der Waals surface area contributed by atoms with E-state index < -0.39 is 10.0 Å². The van der Waals surface area contributed by atoms with Crippen molar-refractivity contribution >= 4 is 15.9 Å². The molecule has 1 saturated carbocycles. The van der Waals surface area contributed by atoms with Gasteiger partial charge in [0.2, 0.25) is 10.0 Å². The Balaban J connectivity index is 1.63. The number of rotatable bonds is 7. The minimum Gasteiger partial charge on any atom is -0.373 e. The average molecular weight is 410 g/mol. The molecule has 3 rings (SSSR count). The zero-order valence-electron chi connectivity index (χ0n) is 17.1. The largest absolute Gasteiger partial charge is 0.373 e. The van der Waals surface area contributed by atoms with Crippen molar-refractivity contribution in [1.82, 2.24) is 14.9 Å². The Labute approximate surface area is 167 Å². The summed E-state index contributed by atoms with van der Waals surface area (Å²) in [4.78, 5) is 15.1. The summed E-state index contributed by atoms with van der Waals surface area (Å²) in [6, 6.07) is 6.22. The van der Waals surface area contributed by atoms with Crippen LogP contribution in [0.3, 0.4) is 0 Å². The second-order valence-corrected chi connectivity index (χ2v) is 10.3. The predicted octanol–water partition coefficient (Wildman–Crippen LogP) is 1.74. The van der Waals surface area contributed by atoms with Crippen molar-refractivity contribution in [3.05, 3.63) is 29.8 Å². The fraction of sp³-hybridized carbons (Fsp3) is 0.650. The van der Waals surface area contributed by atoms with E-state index in [-0.39, 0.29) is 34.6 Å². The Bertz CT molecular complexity index is 810. The maximum atomic E-state index is 12.6. The molecule has 0 radical (unpaired) electrons. The quantitative estimate of drug-likeness (QED) is 0.716. The van der Waals surface area contributed by atoms with Gasteiger partial charge in [0.25, 0.3) is 5.91 Å². The number of morpholine rings is 1. The summed E-state index contributed by atoms with van der Waals surface area (Å²) in [5, 5.41) is 2.96. The van der Waals surface area contributed by atoms with E-state index in [0.29, 0.717) is 12.1 Å². The van der Waals surface area contributed by atoms with E-state index in [1.54, 1.807) is 12.1 Å². The molecule has 1 saturated heterocycles. The Hall–Kier alpha value is -1.48. The molecule has 1 aliphatic carbocycles. The number of carbonyl (C=O) groups is 1. The maximum Gasteiger partial charge on any atom is 0.251 e. The minimum absolute atomic E-state index is 0.0292. The third-order valence-electron chi connectivity index (χ3n) is 5.26. The number of sulfonamides is 1. The van der Waals surface area contributed by atoms with Crippen molar-refractivity contribution in [3.8, 4) is 0 Å². The summed E-state index contributed by atoms with van der Waals surface area (Å²) in [7, 11) is -3.58. The molecule has 8 heteroatoms. The molecular weight excluding hydrogens is 378 g/mol. The molecule has 1 aromatic carbocycles. The molecule has 0 aromatic heterocycles. The van der Waals surface area contributed by atoms with Gasteiger partial charge in [0.05, 0.1) is 17.1 Å². The summed E-state index contributed by atoms with van der Waals surface area (Å²) < 4.78 is 33.2. The van der Waals surface area contributed by atoms with Crippen LogP contribution in [0.1, 0.15) is 50.9 Å². The normalized spacial score (nSPS) is 24.1. The number of ether oxygens (including phenoxy) is 1. The Morgan fingerprint density at radius 1 is 1.21 bits per heavy atom. The molecule has 7 nitrogen and oxygen atoms in total. The summed E-state index contributed by atoms with van der Waals surface area (Å²) >= 11 is 0. The summed E-state index contributed by atoms with van der Waals surface area (Å²) in [5.41, 5.74) is 0.109. The van der Waals surface area contributed by atoms with Crippen LogP contribution >= 0.6 is 0 Å². The lowest BCUT2D eigenvalue weighted by Crippen LogP contribution is -2.58. The van der Waals surface area contributed by atoms with Crippen molar-refractivity contribution in [3.63, 3.8) is 0 Å². The number of hydrogen-bond donors (Lipinski definition) is 2. The molecule has 1 amide bonds. The maximum absolute atomic E-state index is 12.6. The number of nitrogens with one attached hydrogen (secondary N) is 2. The lowest BCUT2D eigenvalue weighted by molar-refractivity contribution is -0.0948. The van der Waals surface area contributed by atoms with Crippen LogP contribution in [0.2, 0.25) is 0 Å². The van der Waals surface area contributed by atoms with Crippen LogP contribution in [0.15, 0.2) is 29.2 Å². The van der Waals surface area contributed by atoms with E-state index in [1.165, 1.54) is 12.1 Å². The molecule has 0 spiro atoms. The van der Waals surface area contributed by atoms with Gasteiger partial charge in [-0.05, 0) is 58.7 Å². The summed E-state index contributed by atoms with van der Waals surface area (Å²) in [6.07, 6.45) is 2.04. The molecule has 0 unspecified atom stereocenters. The Morgan fingerprint density at radius 3 is 2.46 bits per heavy atom. The minimum atomic E-state index is -3.58. The average Bonchev–Trinajstić information content (AvgIpc) is 3.42. The lowest BCUT2D eigenvalue weighted by Gasteiger charge is -2.45. The monoisotopic (exact) mass is 409 g/mol. The van der Waals surface area contributed by atoms with Crippen molar-refractivity contribution in [2.24, 2.45) is 0 Å². The van der Waals surface area contributed by atoms with Gasteiger partial charge >= 0.3 is 0 Å². The van der Waals surface area contributed by atoms with Crippen LogP contribution in [0.5, 0.6) is 0 Å². The standard InChI is InChI=1S/C20H31N3O4S/c1-14-11-23(12-15(2)27-14)20(3,4)13-21-19(24)16-6-5-7-18(10-16)28(25,26)22-17-8-9-17/h5-7,10,14-15,17,22H,8-9,11-13H2,1-4H3,(H,21,24)/t14-,15-/m0/s1. The fourth-order valence-electron chi connectivity index (χ4n) is 3.48. The fourth-order valence-corrected chi connectivity index (χ4v) is 4.83. The molecule has 2 N–H and O–H groups in total. The second-order valence-electron chi connectivity index (χ2n) is 8.58. The summed E-state index contributed by atoms with van der Waals surface area (Å²) in [5.74, 6) is -0.272. The SMILES string of the molecule is C[C@H]1CN(C(C)(C)CNC(=O)c2cccc(S(=O)(=O)NC3CC3)c2)C[C@H](C)O1. The molecule has 156 valence electrons. The van der Waals surface area contributed by atoms with Gasteiger partial charge in [-0.1, -0.05) is 6.07 Å². The summed E-state index contributed by atoms with van der Waals surface area (Å²) in [6.45, 7) is 10.4. The van der Waals surface area contributed by atoms with Crippen LogP contribution < -0.4 is 10.0 Å². The molecule has 28 heavy (non-hydrogen) atoms. The Morgan fingerprint density at radius 2 is 1.86 bits per heavy atom. The van der Waals surface area contributed by atoms with Gasteiger partial charge in [0.15, 0.2) is 0 Å². The van der Waals surface area contributed by atoms with E-state index in [2.05, 4.69) is 42.6 Å². The van der Waals surface area contributed by atoms with Crippen LogP contribution in [-0.2, 0) is 14.8 Å². The Kier molecular flexibility index (Phi) is 6.14. The van der Waals surface area contributed by atoms with Gasteiger partial charge in [-0.2, -0.15) is 0 Å². The molecule has 2 atom stereocenters. The van der Waals surface area contributed by atoms with E-state index in [0.717, 1.165) is 25.9 Å². The zero-order chi connectivity index (χ0) is 20.5. The molecule has 2 aliphatic rings. The first-order valence-electron chi connectivity index (χ1n) is 9.88. The molecule has 1 aliphatic heterocycles. The van der Waals surface area contributed by atoms with Crippen molar-refractivity contribution in [2.75, 3.05) is 19.6 Å². The van der Waals surface area contributed by atoms with Gasteiger partial charge in [-0.15, -0.1) is 0 Å². The topological polar surface area (TPSA) is 87.7 Å². The highest BCUT2D eigenvalue weighted by molar-refractivity contribution is 7.89. The predicted molar refractivity (Wildman–Crippen MR) is 108 cm³/mol. The first-order valence-corrected chi connectivity index (χ1v) is 11.4. The van der Waals surface area contributed by atoms with E-state index in [1.807, 2.05) is 0 Å². The van der Waals surface area contributed by atoms with Crippen LogP contribution in [-0.4, -0.2) is 62.6 Å². The molecule has 2 fully saturated rings. The number of nitrogens with zero attached hydrogens (tertiary/aromatic N) is 1. The van der Waals surface area contributed by atoms with Crippen molar-refractivity contribution in [2.45, 2.75) is 69.2 Å². The molecular formula is C20H31N3O4S. The zero-order valence-corrected chi connectivity index (χ0v) is 17.9. The number of amides is 1. The molecule has 0 bridgehead atoms. The highest BCUT2D eigenvalue weighted by Crippen LogP contribution is 2.23. The van der Waals surface area contributed by atoms with Crippen LogP contribution in [0, 0.1) is 0 Å². The third-order valence-corrected chi connectivity index (χ3v) is 6.78. The van der Waals surface area contributed by atoms with E-state index in [4.69, 9.17) is 4.74 Å². The smallest absolute Gasteiger partial charge is 0.251 e. The van der Waals surface area contributed by atoms with Gasteiger partial charge in [0, 0.05) is 36.8 Å². The van der Waals surface area contributed by atoms with Crippen molar-refractivity contribution in [1.29, 1.82) is 0 Å². The second kappa shape index (κ2) is 8.10. The van der Waals surface area contributed by atoms with Gasteiger partial charge in [-0.3, -0.25) is 9.69 Å². The molecule has 1 aromatic rings. The lowest BCUT2D eigenvalue weighted by atomic mass is 10.00. The highest BCUT2D eigenvalue weighted by atomic mass is 32.2. The molecule has 1 heterocycles. The van der Waals surface area contributed by atoms with E-state index in [9.17, 15) is 13.2 Å². The number of benzene rings is 1. The first kappa shape index (κ1) is 21.2. The number of hydrogen-bond acceptors (Lipinski definition) is 5. The van der Waals surface area contributed by atoms with Gasteiger partial charge in [0.1, 0.15) is 0 Å². The van der Waals surface area contributed by atoms with Crippen LogP contribution in [0.4, 0.5) is 0 Å². The number of carbonyl (C=O) groups excluding carboxylic acids is 1. The van der Waals surface area contributed by atoms with Gasteiger partial charge in [-0.25, -0.2) is 13.1 Å².